The van der Waals surface area contributed by atoms with Crippen LogP contribution in [0.2, 0.25) is 0 Å². The lowest BCUT2D eigenvalue weighted by atomic mass is 10.2. The number of aryl methyl sites for hydroxylation is 1. The van der Waals surface area contributed by atoms with Crippen molar-refractivity contribution in [2.24, 2.45) is 0 Å². The molecule has 2 aromatic carbocycles. The molecule has 0 aliphatic carbocycles. The monoisotopic (exact) mass is 461 g/mol. The van der Waals surface area contributed by atoms with Crippen LogP contribution in [0, 0.1) is 11.6 Å². The quantitative estimate of drug-likeness (QED) is 0.563. The van der Waals surface area contributed by atoms with E-state index in [0.29, 0.717) is 18.1 Å². The molecular formula is C22H21F2N3O4S. The van der Waals surface area contributed by atoms with Crippen molar-refractivity contribution < 1.29 is 26.4 Å². The first kappa shape index (κ1) is 22.1. The van der Waals surface area contributed by atoms with E-state index in [-0.39, 0.29) is 38.5 Å². The Kier molecular flexibility index (Phi) is 6.33. The number of amides is 1. The van der Waals surface area contributed by atoms with Gasteiger partial charge in [-0.2, -0.15) is 4.31 Å². The van der Waals surface area contributed by atoms with E-state index in [9.17, 15) is 22.0 Å². The SMILES string of the molecule is O=C(CCc1ncc(-c2ccccc2)o1)N1CCN(S(=O)(=O)c2c(F)cccc2F)CC1. The number of oxazole rings is 1. The summed E-state index contributed by atoms with van der Waals surface area (Å²) in [5.41, 5.74) is 0.890. The second-order valence-electron chi connectivity index (χ2n) is 7.32. The number of rotatable bonds is 6. The lowest BCUT2D eigenvalue weighted by molar-refractivity contribution is -0.132. The van der Waals surface area contributed by atoms with Crippen molar-refractivity contribution in [3.8, 4) is 11.3 Å². The Labute approximate surface area is 184 Å². The van der Waals surface area contributed by atoms with Crippen LogP contribution in [0.4, 0.5) is 8.78 Å². The smallest absolute Gasteiger partial charge is 0.249 e. The third kappa shape index (κ3) is 4.56. The summed E-state index contributed by atoms with van der Waals surface area (Å²) in [6.45, 7) is 0.183. The Morgan fingerprint density at radius 2 is 1.62 bits per heavy atom. The Balaban J connectivity index is 1.33. The summed E-state index contributed by atoms with van der Waals surface area (Å²) in [6, 6.07) is 12.4. The molecule has 10 heteroatoms. The van der Waals surface area contributed by atoms with Crippen molar-refractivity contribution in [1.29, 1.82) is 0 Å². The predicted octanol–water partition coefficient (Wildman–Crippen LogP) is 3.09. The summed E-state index contributed by atoms with van der Waals surface area (Å²) in [7, 11) is -4.33. The van der Waals surface area contributed by atoms with Gasteiger partial charge in [0.25, 0.3) is 0 Å². The topological polar surface area (TPSA) is 83.7 Å². The van der Waals surface area contributed by atoms with Crippen molar-refractivity contribution in [3.05, 3.63) is 72.3 Å². The largest absolute Gasteiger partial charge is 0.441 e. The standard InChI is InChI=1S/C22H21F2N3O4S/c23-17-7-4-8-18(24)22(17)32(29,30)27-13-11-26(12-14-27)21(28)10-9-20-25-15-19(31-20)16-5-2-1-3-6-16/h1-8,15H,9-14H2. The third-order valence-electron chi connectivity index (χ3n) is 5.27. The van der Waals surface area contributed by atoms with E-state index in [0.717, 1.165) is 28.1 Å². The highest BCUT2D eigenvalue weighted by molar-refractivity contribution is 7.89. The zero-order valence-electron chi connectivity index (χ0n) is 17.1. The summed E-state index contributed by atoms with van der Waals surface area (Å²) < 4.78 is 59.9. The van der Waals surface area contributed by atoms with E-state index in [1.165, 1.54) is 4.90 Å². The average Bonchev–Trinajstić information content (AvgIpc) is 3.27. The molecule has 0 N–H and O–H groups in total. The number of hydrogen-bond acceptors (Lipinski definition) is 5. The van der Waals surface area contributed by atoms with Crippen LogP contribution in [-0.2, 0) is 21.2 Å². The highest BCUT2D eigenvalue weighted by Gasteiger charge is 2.34. The first-order valence-electron chi connectivity index (χ1n) is 10.1. The number of piperazine rings is 1. The van der Waals surface area contributed by atoms with E-state index in [1.54, 1.807) is 6.20 Å². The number of carbonyl (C=O) groups is 1. The van der Waals surface area contributed by atoms with Gasteiger partial charge in [-0.25, -0.2) is 22.2 Å². The highest BCUT2D eigenvalue weighted by Crippen LogP contribution is 2.24. The summed E-state index contributed by atoms with van der Waals surface area (Å²) in [6.07, 6.45) is 2.08. The lowest BCUT2D eigenvalue weighted by Crippen LogP contribution is -2.50. The maximum atomic E-state index is 14.0. The van der Waals surface area contributed by atoms with Gasteiger partial charge in [0.1, 0.15) is 11.6 Å². The summed E-state index contributed by atoms with van der Waals surface area (Å²) in [5, 5.41) is 0. The maximum absolute atomic E-state index is 14.0. The first-order valence-corrected chi connectivity index (χ1v) is 11.5. The normalized spacial score (nSPS) is 15.1. The molecule has 0 atom stereocenters. The van der Waals surface area contributed by atoms with Crippen LogP contribution < -0.4 is 0 Å². The lowest BCUT2D eigenvalue weighted by Gasteiger charge is -2.34. The number of sulfonamides is 1. The molecule has 0 bridgehead atoms. The highest BCUT2D eigenvalue weighted by atomic mass is 32.2. The molecular weight excluding hydrogens is 440 g/mol. The molecule has 0 unspecified atom stereocenters. The molecule has 0 spiro atoms. The van der Waals surface area contributed by atoms with Crippen LogP contribution in [0.1, 0.15) is 12.3 Å². The van der Waals surface area contributed by atoms with E-state index in [4.69, 9.17) is 4.42 Å². The van der Waals surface area contributed by atoms with Crippen LogP contribution >= 0.6 is 0 Å². The number of nitrogens with zero attached hydrogens (tertiary/aromatic N) is 3. The van der Waals surface area contributed by atoms with Crippen molar-refractivity contribution in [3.63, 3.8) is 0 Å². The van der Waals surface area contributed by atoms with Crippen LogP contribution in [0.15, 0.2) is 64.0 Å². The summed E-state index contributed by atoms with van der Waals surface area (Å²) in [4.78, 5) is 17.3. The van der Waals surface area contributed by atoms with Crippen LogP contribution in [0.25, 0.3) is 11.3 Å². The predicted molar refractivity (Wildman–Crippen MR) is 112 cm³/mol. The Hall–Kier alpha value is -3.11. The Morgan fingerprint density at radius 3 is 2.28 bits per heavy atom. The molecule has 32 heavy (non-hydrogen) atoms. The minimum absolute atomic E-state index is 0.0427. The minimum atomic E-state index is -4.33. The van der Waals surface area contributed by atoms with Gasteiger partial charge in [-0.05, 0) is 12.1 Å². The number of halogens is 2. The molecule has 1 fully saturated rings. The van der Waals surface area contributed by atoms with Gasteiger partial charge >= 0.3 is 0 Å². The Bertz CT molecular complexity index is 1190. The average molecular weight is 461 g/mol. The molecule has 0 radical (unpaired) electrons. The number of benzene rings is 2. The third-order valence-corrected chi connectivity index (χ3v) is 7.22. The molecule has 1 aromatic heterocycles. The van der Waals surface area contributed by atoms with E-state index < -0.39 is 26.6 Å². The van der Waals surface area contributed by atoms with Gasteiger partial charge < -0.3 is 9.32 Å². The van der Waals surface area contributed by atoms with Crippen molar-refractivity contribution in [2.75, 3.05) is 26.2 Å². The first-order chi connectivity index (χ1) is 15.4. The van der Waals surface area contributed by atoms with Gasteiger partial charge in [0, 0.05) is 44.6 Å². The number of hydrogen-bond donors (Lipinski definition) is 0. The van der Waals surface area contributed by atoms with Gasteiger partial charge in [0.05, 0.1) is 6.20 Å². The molecule has 7 nitrogen and oxygen atoms in total. The second-order valence-corrected chi connectivity index (χ2v) is 9.19. The van der Waals surface area contributed by atoms with E-state index in [2.05, 4.69) is 4.98 Å². The van der Waals surface area contributed by atoms with Gasteiger partial charge in [-0.3, -0.25) is 4.79 Å². The van der Waals surface area contributed by atoms with Gasteiger partial charge in [0.2, 0.25) is 15.9 Å². The fraction of sp³-hybridized carbons (Fsp3) is 0.273. The summed E-state index contributed by atoms with van der Waals surface area (Å²) in [5.74, 6) is -1.38. The maximum Gasteiger partial charge on any atom is 0.249 e. The minimum Gasteiger partial charge on any atom is -0.441 e. The molecule has 1 aliphatic heterocycles. The number of aromatic nitrogens is 1. The van der Waals surface area contributed by atoms with Crippen LogP contribution in [0.3, 0.4) is 0 Å². The molecule has 0 saturated carbocycles. The Morgan fingerprint density at radius 1 is 0.969 bits per heavy atom. The molecule has 4 rings (SSSR count). The molecule has 1 saturated heterocycles. The van der Waals surface area contributed by atoms with E-state index >= 15 is 0 Å². The fourth-order valence-corrected chi connectivity index (χ4v) is 5.10. The van der Waals surface area contributed by atoms with Crippen LogP contribution in [0.5, 0.6) is 0 Å². The number of carbonyl (C=O) groups excluding carboxylic acids is 1. The van der Waals surface area contributed by atoms with Gasteiger partial charge in [-0.15, -0.1) is 0 Å². The molecule has 168 valence electrons. The second kappa shape index (κ2) is 9.17. The summed E-state index contributed by atoms with van der Waals surface area (Å²) >= 11 is 0. The molecule has 3 aromatic rings. The van der Waals surface area contributed by atoms with Crippen molar-refractivity contribution >= 4 is 15.9 Å². The molecule has 1 amide bonds. The van der Waals surface area contributed by atoms with Gasteiger partial charge in [0.15, 0.2) is 16.5 Å². The zero-order chi connectivity index (χ0) is 22.7. The van der Waals surface area contributed by atoms with E-state index in [1.807, 2.05) is 30.3 Å². The zero-order valence-corrected chi connectivity index (χ0v) is 17.9. The molecule has 1 aliphatic rings. The van der Waals surface area contributed by atoms with Crippen molar-refractivity contribution in [2.45, 2.75) is 17.7 Å². The van der Waals surface area contributed by atoms with Crippen molar-refractivity contribution in [1.82, 2.24) is 14.2 Å². The van der Waals surface area contributed by atoms with Gasteiger partial charge in [-0.1, -0.05) is 36.4 Å². The molecule has 2 heterocycles. The van der Waals surface area contributed by atoms with Crippen LogP contribution in [-0.4, -0.2) is 54.7 Å². The fourth-order valence-electron chi connectivity index (χ4n) is 3.57.